The molecule has 1 heterocycles. The molecule has 6 heteroatoms. The summed E-state index contributed by atoms with van der Waals surface area (Å²) in [7, 11) is 0. The Labute approximate surface area is 137 Å². The van der Waals surface area contributed by atoms with E-state index < -0.39 is 4.92 Å². The molecule has 6 nitrogen and oxygen atoms in total. The van der Waals surface area contributed by atoms with Gasteiger partial charge in [-0.2, -0.15) is 0 Å². The van der Waals surface area contributed by atoms with Crippen LogP contribution in [0.2, 0.25) is 0 Å². The Morgan fingerprint density at radius 3 is 2.83 bits per heavy atom. The molecule has 0 saturated carbocycles. The van der Waals surface area contributed by atoms with Crippen molar-refractivity contribution in [1.29, 1.82) is 0 Å². The quantitative estimate of drug-likeness (QED) is 0.668. The lowest BCUT2D eigenvalue weighted by Gasteiger charge is -2.32. The van der Waals surface area contributed by atoms with Crippen LogP contribution in [0.4, 0.5) is 11.4 Å². The van der Waals surface area contributed by atoms with E-state index in [2.05, 4.69) is 17.1 Å². The Morgan fingerprint density at radius 2 is 2.22 bits per heavy atom. The van der Waals surface area contributed by atoms with Crippen molar-refractivity contribution in [3.63, 3.8) is 0 Å². The third-order valence-corrected chi connectivity index (χ3v) is 4.10. The zero-order valence-corrected chi connectivity index (χ0v) is 14.0. The molecule has 1 aromatic carbocycles. The lowest BCUT2D eigenvalue weighted by molar-refractivity contribution is -0.384. The number of nitrogens with zero attached hydrogens (tertiary/aromatic N) is 2. The first kappa shape index (κ1) is 17.2. The van der Waals surface area contributed by atoms with Crippen LogP contribution in [0.25, 0.3) is 0 Å². The van der Waals surface area contributed by atoms with Gasteiger partial charge in [0.15, 0.2) is 0 Å². The van der Waals surface area contributed by atoms with Crippen LogP contribution < -0.4 is 10.2 Å². The third-order valence-electron chi connectivity index (χ3n) is 4.10. The first-order chi connectivity index (χ1) is 10.9. The Kier molecular flexibility index (Phi) is 5.58. The molecule has 23 heavy (non-hydrogen) atoms. The van der Waals surface area contributed by atoms with Crippen LogP contribution in [0.5, 0.6) is 0 Å². The maximum Gasteiger partial charge on any atom is 0.293 e. The van der Waals surface area contributed by atoms with E-state index in [0.717, 1.165) is 25.9 Å². The predicted octanol–water partition coefficient (Wildman–Crippen LogP) is 3.22. The van der Waals surface area contributed by atoms with E-state index in [4.69, 9.17) is 0 Å². The Hall–Kier alpha value is -2.11. The number of carbonyl (C=O) groups excluding carboxylic acids is 1. The van der Waals surface area contributed by atoms with Crippen molar-refractivity contribution < 1.29 is 9.72 Å². The van der Waals surface area contributed by atoms with Gasteiger partial charge in [-0.3, -0.25) is 14.9 Å². The predicted molar refractivity (Wildman–Crippen MR) is 90.9 cm³/mol. The summed E-state index contributed by atoms with van der Waals surface area (Å²) in [5.41, 5.74) is 0.962. The van der Waals surface area contributed by atoms with E-state index in [1.807, 2.05) is 13.8 Å². The monoisotopic (exact) mass is 319 g/mol. The molecular formula is C17H25N3O3. The van der Waals surface area contributed by atoms with Crippen LogP contribution >= 0.6 is 0 Å². The summed E-state index contributed by atoms with van der Waals surface area (Å²) in [5.74, 6) is 0.598. The van der Waals surface area contributed by atoms with Crippen LogP contribution in [-0.2, 0) is 0 Å². The average molecular weight is 319 g/mol. The van der Waals surface area contributed by atoms with E-state index in [0.29, 0.717) is 29.6 Å². The molecule has 1 fully saturated rings. The summed E-state index contributed by atoms with van der Waals surface area (Å²) in [6.07, 6.45) is 2.19. The summed E-state index contributed by atoms with van der Waals surface area (Å²) in [6, 6.07) is 4.78. The second-order valence-corrected chi connectivity index (χ2v) is 6.76. The van der Waals surface area contributed by atoms with E-state index in [1.54, 1.807) is 12.1 Å². The zero-order valence-electron chi connectivity index (χ0n) is 14.0. The lowest BCUT2D eigenvalue weighted by Crippen LogP contribution is -2.34. The van der Waals surface area contributed by atoms with Crippen LogP contribution in [-0.4, -0.2) is 30.5 Å². The van der Waals surface area contributed by atoms with Gasteiger partial charge in [0, 0.05) is 31.3 Å². The van der Waals surface area contributed by atoms with Gasteiger partial charge in [0.25, 0.3) is 11.6 Å². The highest BCUT2D eigenvalue weighted by molar-refractivity contribution is 5.95. The Balaban J connectivity index is 2.24. The third kappa shape index (κ3) is 4.43. The van der Waals surface area contributed by atoms with E-state index >= 15 is 0 Å². The SMILES string of the molecule is CC(C)CNC(=O)c1ccc(N2CCCC(C)C2)c([N+](=O)[O-])c1. The smallest absolute Gasteiger partial charge is 0.293 e. The topological polar surface area (TPSA) is 75.5 Å². The fourth-order valence-corrected chi connectivity index (χ4v) is 2.89. The molecule has 1 N–H and O–H groups in total. The van der Waals surface area contributed by atoms with Gasteiger partial charge in [-0.15, -0.1) is 0 Å². The van der Waals surface area contributed by atoms with Gasteiger partial charge >= 0.3 is 0 Å². The number of carbonyl (C=O) groups is 1. The lowest BCUT2D eigenvalue weighted by atomic mass is 9.99. The number of hydrogen-bond acceptors (Lipinski definition) is 4. The second kappa shape index (κ2) is 7.44. The summed E-state index contributed by atoms with van der Waals surface area (Å²) in [4.78, 5) is 25.2. The zero-order chi connectivity index (χ0) is 17.0. The van der Waals surface area contributed by atoms with Gasteiger partial charge in [-0.1, -0.05) is 20.8 Å². The molecule has 1 aliphatic heterocycles. The molecule has 1 amide bonds. The van der Waals surface area contributed by atoms with Gasteiger partial charge < -0.3 is 10.2 Å². The van der Waals surface area contributed by atoms with E-state index in [-0.39, 0.29) is 11.6 Å². The van der Waals surface area contributed by atoms with Crippen molar-refractivity contribution in [3.8, 4) is 0 Å². The number of benzene rings is 1. The minimum atomic E-state index is -0.395. The highest BCUT2D eigenvalue weighted by Crippen LogP contribution is 2.32. The Bertz CT molecular complexity index is 586. The molecule has 1 atom stereocenters. The first-order valence-electron chi connectivity index (χ1n) is 8.20. The summed E-state index contributed by atoms with van der Waals surface area (Å²) >= 11 is 0. The van der Waals surface area contributed by atoms with Gasteiger partial charge in [0.1, 0.15) is 5.69 Å². The summed E-state index contributed by atoms with van der Waals surface area (Å²) < 4.78 is 0. The fraction of sp³-hybridized carbons (Fsp3) is 0.588. The maximum absolute atomic E-state index is 12.1. The fourth-order valence-electron chi connectivity index (χ4n) is 2.89. The van der Waals surface area contributed by atoms with E-state index in [1.165, 1.54) is 6.07 Å². The molecule has 0 bridgehead atoms. The number of nitrogens with one attached hydrogen (secondary N) is 1. The van der Waals surface area contributed by atoms with Gasteiger partial charge in [0.05, 0.1) is 4.92 Å². The molecule has 0 spiro atoms. The number of hydrogen-bond donors (Lipinski definition) is 1. The number of rotatable bonds is 5. The average Bonchev–Trinajstić information content (AvgIpc) is 2.51. The number of nitro groups is 1. The molecule has 1 aliphatic rings. The molecule has 2 rings (SSSR count). The highest BCUT2D eigenvalue weighted by Gasteiger charge is 2.25. The van der Waals surface area contributed by atoms with Crippen molar-refractivity contribution >= 4 is 17.3 Å². The van der Waals surface area contributed by atoms with Crippen molar-refractivity contribution in [3.05, 3.63) is 33.9 Å². The molecule has 0 aromatic heterocycles. The van der Waals surface area contributed by atoms with Crippen molar-refractivity contribution in [1.82, 2.24) is 5.32 Å². The van der Waals surface area contributed by atoms with Crippen LogP contribution in [0.3, 0.4) is 0 Å². The van der Waals surface area contributed by atoms with E-state index in [9.17, 15) is 14.9 Å². The van der Waals surface area contributed by atoms with Crippen molar-refractivity contribution in [2.24, 2.45) is 11.8 Å². The minimum Gasteiger partial charge on any atom is -0.366 e. The van der Waals surface area contributed by atoms with Gasteiger partial charge in [-0.05, 0) is 36.8 Å². The molecular weight excluding hydrogens is 294 g/mol. The molecule has 1 unspecified atom stereocenters. The van der Waals surface area contributed by atoms with Crippen LogP contribution in [0, 0.1) is 22.0 Å². The normalized spacial score (nSPS) is 18.1. The van der Waals surface area contributed by atoms with Gasteiger partial charge in [-0.25, -0.2) is 0 Å². The molecule has 0 radical (unpaired) electrons. The van der Waals surface area contributed by atoms with Crippen molar-refractivity contribution in [2.45, 2.75) is 33.6 Å². The number of piperidine rings is 1. The molecule has 1 saturated heterocycles. The largest absolute Gasteiger partial charge is 0.366 e. The molecule has 126 valence electrons. The Morgan fingerprint density at radius 1 is 1.48 bits per heavy atom. The minimum absolute atomic E-state index is 0.0105. The number of nitro benzene ring substituents is 1. The van der Waals surface area contributed by atoms with Crippen molar-refractivity contribution in [2.75, 3.05) is 24.5 Å². The standard InChI is InChI=1S/C17H25N3O3/c1-12(2)10-18-17(21)14-6-7-15(16(9-14)20(22)23)19-8-4-5-13(3)11-19/h6-7,9,12-13H,4-5,8,10-11H2,1-3H3,(H,18,21). The summed E-state index contributed by atoms with van der Waals surface area (Å²) in [6.45, 7) is 8.36. The first-order valence-corrected chi connectivity index (χ1v) is 8.20. The van der Waals surface area contributed by atoms with Crippen LogP contribution in [0.1, 0.15) is 44.0 Å². The molecule has 0 aliphatic carbocycles. The second-order valence-electron chi connectivity index (χ2n) is 6.76. The number of anilines is 1. The number of amides is 1. The summed E-state index contributed by atoms with van der Waals surface area (Å²) in [5, 5.41) is 14.2. The molecule has 1 aromatic rings. The van der Waals surface area contributed by atoms with Crippen LogP contribution in [0.15, 0.2) is 18.2 Å². The van der Waals surface area contributed by atoms with Gasteiger partial charge in [0.2, 0.25) is 0 Å². The highest BCUT2D eigenvalue weighted by atomic mass is 16.6. The maximum atomic E-state index is 12.1.